The third kappa shape index (κ3) is 8.65. The zero-order valence-corrected chi connectivity index (χ0v) is 10.7. The number of unbranched alkanes of at least 4 members (excludes halogenated alkanes) is 1. The van der Waals surface area contributed by atoms with Gasteiger partial charge in [-0.2, -0.15) is 0 Å². The molecule has 0 bridgehead atoms. The topological polar surface area (TPSA) is 96.2 Å². The van der Waals surface area contributed by atoms with Gasteiger partial charge in [0.15, 0.2) is 0 Å². The lowest BCUT2D eigenvalue weighted by molar-refractivity contribution is -0.127. The van der Waals surface area contributed by atoms with Crippen LogP contribution in [-0.2, 0) is 9.59 Å². The lowest BCUT2D eigenvalue weighted by Crippen LogP contribution is -2.45. The molecule has 1 atom stereocenters. The molecule has 0 aliphatic rings. The summed E-state index contributed by atoms with van der Waals surface area (Å²) in [6.07, 6.45) is 2.78. The van der Waals surface area contributed by atoms with Gasteiger partial charge >= 0.3 is 0 Å². The number of carbonyl (C=O) groups is 2. The van der Waals surface area contributed by atoms with Gasteiger partial charge in [0.1, 0.15) is 6.04 Å². The molecule has 1 unspecified atom stereocenters. The molecule has 6 heteroatoms. The van der Waals surface area contributed by atoms with Crippen molar-refractivity contribution in [3.05, 3.63) is 0 Å². The maximum atomic E-state index is 11.4. The zero-order chi connectivity index (χ0) is 13.1. The fourth-order valence-electron chi connectivity index (χ4n) is 1.44. The highest BCUT2D eigenvalue weighted by molar-refractivity contribution is 5.86. The molecule has 6 nitrogen and oxygen atoms in total. The molecule has 0 saturated carbocycles. The molecule has 2 amide bonds. The summed E-state index contributed by atoms with van der Waals surface area (Å²) >= 11 is 0. The Bertz CT molecular complexity index is 234. The average Bonchev–Trinajstić information content (AvgIpc) is 2.30. The number of hydrogen-bond acceptors (Lipinski definition) is 4. The second-order valence-electron chi connectivity index (χ2n) is 3.98. The highest BCUT2D eigenvalue weighted by atomic mass is 16.2. The Hall–Kier alpha value is -1.14. The van der Waals surface area contributed by atoms with Crippen molar-refractivity contribution < 1.29 is 9.59 Å². The van der Waals surface area contributed by atoms with Crippen molar-refractivity contribution in [2.75, 3.05) is 27.2 Å². The minimum Gasteiger partial charge on any atom is -0.368 e. The van der Waals surface area contributed by atoms with Crippen molar-refractivity contribution in [1.29, 1.82) is 0 Å². The van der Waals surface area contributed by atoms with Crippen molar-refractivity contribution in [2.45, 2.75) is 31.7 Å². The van der Waals surface area contributed by atoms with Crippen LogP contribution in [0.1, 0.15) is 25.7 Å². The van der Waals surface area contributed by atoms with E-state index in [0.29, 0.717) is 19.4 Å². The average molecular weight is 244 g/mol. The summed E-state index contributed by atoms with van der Waals surface area (Å²) in [5, 5.41) is 8.56. The van der Waals surface area contributed by atoms with E-state index >= 15 is 0 Å². The van der Waals surface area contributed by atoms with E-state index in [1.54, 1.807) is 7.05 Å². The molecule has 0 aromatic carbocycles. The Balaban J connectivity index is 3.89. The van der Waals surface area contributed by atoms with E-state index in [2.05, 4.69) is 16.0 Å². The quantitative estimate of drug-likeness (QED) is 0.369. The summed E-state index contributed by atoms with van der Waals surface area (Å²) in [5.41, 5.74) is 5.24. The first kappa shape index (κ1) is 15.9. The van der Waals surface area contributed by atoms with Crippen LogP contribution < -0.4 is 21.7 Å². The number of nitrogens with two attached hydrogens (primary N) is 1. The number of hydrogen-bond donors (Lipinski definition) is 4. The fraction of sp³-hybridized carbons (Fsp3) is 0.818. The smallest absolute Gasteiger partial charge is 0.239 e. The van der Waals surface area contributed by atoms with Crippen molar-refractivity contribution in [3.63, 3.8) is 0 Å². The highest BCUT2D eigenvalue weighted by Gasteiger charge is 2.16. The van der Waals surface area contributed by atoms with E-state index < -0.39 is 11.9 Å². The van der Waals surface area contributed by atoms with Crippen molar-refractivity contribution in [1.82, 2.24) is 16.0 Å². The van der Waals surface area contributed by atoms with E-state index in [9.17, 15) is 9.59 Å². The molecule has 0 spiro atoms. The van der Waals surface area contributed by atoms with Crippen LogP contribution in [0, 0.1) is 0 Å². The Morgan fingerprint density at radius 1 is 1.12 bits per heavy atom. The summed E-state index contributed by atoms with van der Waals surface area (Å²) in [4.78, 5) is 22.6. The summed E-state index contributed by atoms with van der Waals surface area (Å²) < 4.78 is 0. The predicted molar refractivity (Wildman–Crippen MR) is 67.4 cm³/mol. The molecule has 0 saturated heterocycles. The minimum atomic E-state index is -0.545. The van der Waals surface area contributed by atoms with Crippen LogP contribution in [-0.4, -0.2) is 45.0 Å². The maximum Gasteiger partial charge on any atom is 0.239 e. The van der Waals surface area contributed by atoms with E-state index in [4.69, 9.17) is 5.73 Å². The van der Waals surface area contributed by atoms with Gasteiger partial charge in [-0.1, -0.05) is 0 Å². The fourth-order valence-corrected chi connectivity index (χ4v) is 1.44. The Labute approximate surface area is 103 Å². The first-order valence-electron chi connectivity index (χ1n) is 5.99. The van der Waals surface area contributed by atoms with Gasteiger partial charge in [0, 0.05) is 13.0 Å². The van der Waals surface area contributed by atoms with Crippen molar-refractivity contribution >= 4 is 11.8 Å². The summed E-state index contributed by atoms with van der Waals surface area (Å²) in [7, 11) is 3.65. The van der Waals surface area contributed by atoms with Gasteiger partial charge in [-0.15, -0.1) is 0 Å². The molecule has 0 aliphatic heterocycles. The zero-order valence-electron chi connectivity index (χ0n) is 10.7. The van der Waals surface area contributed by atoms with E-state index in [1.807, 2.05) is 7.05 Å². The van der Waals surface area contributed by atoms with Crippen LogP contribution >= 0.6 is 0 Å². The molecular formula is C11H24N4O2. The largest absolute Gasteiger partial charge is 0.368 e. The second-order valence-corrected chi connectivity index (χ2v) is 3.98. The molecule has 17 heavy (non-hydrogen) atoms. The van der Waals surface area contributed by atoms with Crippen molar-refractivity contribution in [3.8, 4) is 0 Å². The van der Waals surface area contributed by atoms with Crippen LogP contribution in [0.2, 0.25) is 0 Å². The van der Waals surface area contributed by atoms with Gasteiger partial charge in [0.05, 0.1) is 0 Å². The Morgan fingerprint density at radius 3 is 2.29 bits per heavy atom. The van der Waals surface area contributed by atoms with Crippen molar-refractivity contribution in [2.24, 2.45) is 5.73 Å². The molecule has 0 rings (SSSR count). The SMILES string of the molecule is CNCCCCC(NC(=O)CCNC)C(N)=O. The van der Waals surface area contributed by atoms with Crippen LogP contribution in [0.15, 0.2) is 0 Å². The normalized spacial score (nSPS) is 12.1. The van der Waals surface area contributed by atoms with E-state index in [-0.39, 0.29) is 5.91 Å². The molecule has 0 aromatic heterocycles. The molecule has 0 aromatic rings. The van der Waals surface area contributed by atoms with Gasteiger partial charge < -0.3 is 21.7 Å². The first-order chi connectivity index (χ1) is 8.11. The molecule has 0 fully saturated rings. The van der Waals surface area contributed by atoms with Crippen LogP contribution in [0.25, 0.3) is 0 Å². The van der Waals surface area contributed by atoms with Gasteiger partial charge in [-0.3, -0.25) is 9.59 Å². The van der Waals surface area contributed by atoms with Crippen LogP contribution in [0.5, 0.6) is 0 Å². The molecule has 100 valence electrons. The highest BCUT2D eigenvalue weighted by Crippen LogP contribution is 2.00. The maximum absolute atomic E-state index is 11.4. The number of rotatable bonds is 10. The molecule has 0 heterocycles. The third-order valence-corrected chi connectivity index (χ3v) is 2.45. The number of carbonyl (C=O) groups excluding carboxylic acids is 2. The Morgan fingerprint density at radius 2 is 1.76 bits per heavy atom. The molecule has 5 N–H and O–H groups in total. The predicted octanol–water partition coefficient (Wildman–Crippen LogP) is -1.04. The van der Waals surface area contributed by atoms with E-state index in [0.717, 1.165) is 19.4 Å². The van der Waals surface area contributed by atoms with E-state index in [1.165, 1.54) is 0 Å². The monoisotopic (exact) mass is 244 g/mol. The summed E-state index contributed by atoms with van der Waals surface area (Å²) in [6, 6.07) is -0.545. The minimum absolute atomic E-state index is 0.142. The number of amides is 2. The van der Waals surface area contributed by atoms with Gasteiger partial charge in [-0.25, -0.2) is 0 Å². The lowest BCUT2D eigenvalue weighted by atomic mass is 10.1. The van der Waals surface area contributed by atoms with Gasteiger partial charge in [0.25, 0.3) is 0 Å². The third-order valence-electron chi connectivity index (χ3n) is 2.45. The number of nitrogens with one attached hydrogen (secondary N) is 3. The molecule has 0 radical (unpaired) electrons. The first-order valence-corrected chi connectivity index (χ1v) is 5.99. The lowest BCUT2D eigenvalue weighted by Gasteiger charge is -2.15. The van der Waals surface area contributed by atoms with Gasteiger partial charge in [0.2, 0.25) is 11.8 Å². The summed E-state index contributed by atoms with van der Waals surface area (Å²) in [5.74, 6) is -0.607. The summed E-state index contributed by atoms with van der Waals surface area (Å²) in [6.45, 7) is 1.50. The Kier molecular flexibility index (Phi) is 9.37. The second kappa shape index (κ2) is 10.0. The standard InChI is InChI=1S/C11H24N4O2/c1-13-7-4-3-5-9(11(12)17)15-10(16)6-8-14-2/h9,13-14H,3-8H2,1-2H3,(H2,12,17)(H,15,16). The van der Waals surface area contributed by atoms with Crippen LogP contribution in [0.4, 0.5) is 0 Å². The molecule has 0 aliphatic carbocycles. The number of primary amides is 1. The van der Waals surface area contributed by atoms with Gasteiger partial charge in [-0.05, 0) is 39.9 Å². The molecular weight excluding hydrogens is 220 g/mol. The van der Waals surface area contributed by atoms with Crippen LogP contribution in [0.3, 0.4) is 0 Å².